The van der Waals surface area contributed by atoms with E-state index in [0.29, 0.717) is 0 Å². The summed E-state index contributed by atoms with van der Waals surface area (Å²) in [4.78, 5) is 25.8. The van der Waals surface area contributed by atoms with Crippen LogP contribution in [0.3, 0.4) is 0 Å². The molecule has 0 aliphatic carbocycles. The van der Waals surface area contributed by atoms with Crippen molar-refractivity contribution in [2.24, 2.45) is 7.05 Å². The molecule has 1 unspecified atom stereocenters. The van der Waals surface area contributed by atoms with Gasteiger partial charge in [0.25, 0.3) is 11.5 Å². The maximum Gasteiger partial charge on any atom is 0.416 e. The largest absolute Gasteiger partial charge is 0.616 e. The van der Waals surface area contributed by atoms with Crippen LogP contribution in [0.4, 0.5) is 13.2 Å². The summed E-state index contributed by atoms with van der Waals surface area (Å²) < 4.78 is 52.5. The van der Waals surface area contributed by atoms with Crippen LogP contribution in [0.5, 0.6) is 0 Å². The van der Waals surface area contributed by atoms with Gasteiger partial charge in [0.2, 0.25) is 0 Å². The molecule has 1 amide bonds. The molecule has 0 saturated carbocycles. The number of carbonyl (C=O) groups excluding carboxylic acids is 1. The Morgan fingerprint density at radius 1 is 1.28 bits per heavy atom. The summed E-state index contributed by atoms with van der Waals surface area (Å²) in [5, 5.41) is 10.8. The van der Waals surface area contributed by atoms with E-state index in [4.69, 9.17) is 0 Å². The number of alkyl halides is 3. The van der Waals surface area contributed by atoms with Crippen LogP contribution >= 0.6 is 0 Å². The third-order valence-corrected chi connectivity index (χ3v) is 5.43. The van der Waals surface area contributed by atoms with Gasteiger partial charge in [-0.1, -0.05) is 23.3 Å². The van der Waals surface area contributed by atoms with Gasteiger partial charge in [0, 0.05) is 12.6 Å². The summed E-state index contributed by atoms with van der Waals surface area (Å²) in [6.07, 6.45) is -0.126. The Bertz CT molecular complexity index is 1170. The van der Waals surface area contributed by atoms with Gasteiger partial charge >= 0.3 is 6.18 Å². The van der Waals surface area contributed by atoms with E-state index < -0.39 is 40.4 Å². The SMILES string of the molecule is C[C@@H](C[S+](C)[O-])NC(=O)c1cc(-c2ccc(C(F)(F)F)cc2)nn(-c2cnn(C)c2)c1=O. The Labute approximate surface area is 184 Å². The monoisotopic (exact) mass is 467 g/mol. The summed E-state index contributed by atoms with van der Waals surface area (Å²) >= 11 is -1.16. The van der Waals surface area contributed by atoms with Crippen LogP contribution in [-0.4, -0.2) is 48.1 Å². The van der Waals surface area contributed by atoms with E-state index in [1.807, 2.05) is 0 Å². The molecule has 8 nitrogen and oxygen atoms in total. The predicted octanol–water partition coefficient (Wildman–Crippen LogP) is 2.15. The first-order valence-corrected chi connectivity index (χ1v) is 11.1. The van der Waals surface area contributed by atoms with E-state index in [-0.39, 0.29) is 28.3 Å². The fourth-order valence-corrected chi connectivity index (χ4v) is 3.80. The standard InChI is InChI=1S/C20H20F3N5O3S/c1-12(11-32(3)31)25-18(29)16-8-17(13-4-6-14(7-5-13)20(21,22)23)26-28(19(16)30)15-9-24-27(2)10-15/h4-10,12H,11H2,1-3H3,(H,25,29)/t12-,32?/m0/s1. The van der Waals surface area contributed by atoms with Crippen molar-refractivity contribution < 1.29 is 22.5 Å². The molecule has 3 rings (SSSR count). The van der Waals surface area contributed by atoms with Gasteiger partial charge in [-0.15, -0.1) is 0 Å². The topological polar surface area (TPSA) is 105 Å². The van der Waals surface area contributed by atoms with E-state index >= 15 is 0 Å². The lowest BCUT2D eigenvalue weighted by atomic mass is 10.1. The van der Waals surface area contributed by atoms with Crippen LogP contribution in [0.1, 0.15) is 22.8 Å². The third-order valence-electron chi connectivity index (χ3n) is 4.46. The first-order valence-electron chi connectivity index (χ1n) is 9.37. The molecule has 3 aromatic rings. The van der Waals surface area contributed by atoms with Crippen molar-refractivity contribution in [3.63, 3.8) is 0 Å². The lowest BCUT2D eigenvalue weighted by Gasteiger charge is -2.15. The second-order valence-electron chi connectivity index (χ2n) is 7.22. The molecule has 32 heavy (non-hydrogen) atoms. The summed E-state index contributed by atoms with van der Waals surface area (Å²) in [5.74, 6) is -0.513. The van der Waals surface area contributed by atoms with Crippen LogP contribution in [-0.2, 0) is 24.4 Å². The van der Waals surface area contributed by atoms with E-state index in [2.05, 4.69) is 15.5 Å². The predicted molar refractivity (Wildman–Crippen MR) is 113 cm³/mol. The van der Waals surface area contributed by atoms with Crippen molar-refractivity contribution in [1.82, 2.24) is 24.9 Å². The van der Waals surface area contributed by atoms with Crippen molar-refractivity contribution in [2.45, 2.75) is 19.1 Å². The van der Waals surface area contributed by atoms with Gasteiger partial charge in [0.15, 0.2) is 0 Å². The number of nitrogens with zero attached hydrogens (tertiary/aromatic N) is 4. The molecule has 2 aromatic heterocycles. The minimum Gasteiger partial charge on any atom is -0.616 e. The number of carbonyl (C=O) groups is 1. The zero-order valence-electron chi connectivity index (χ0n) is 17.4. The zero-order valence-corrected chi connectivity index (χ0v) is 18.2. The van der Waals surface area contributed by atoms with Gasteiger partial charge in [-0.25, -0.2) is 0 Å². The minimum atomic E-state index is -4.50. The van der Waals surface area contributed by atoms with Crippen LogP contribution in [0.15, 0.2) is 47.5 Å². The molecule has 0 radical (unpaired) electrons. The molecule has 12 heteroatoms. The summed E-state index contributed by atoms with van der Waals surface area (Å²) in [5.41, 5.74) is -1.13. The number of nitrogens with one attached hydrogen (secondary N) is 1. The van der Waals surface area contributed by atoms with Crippen LogP contribution in [0, 0.1) is 0 Å². The highest BCUT2D eigenvalue weighted by atomic mass is 32.2. The second kappa shape index (κ2) is 9.17. The number of hydrogen-bond acceptors (Lipinski definition) is 5. The normalized spacial score (nSPS) is 13.6. The summed E-state index contributed by atoms with van der Waals surface area (Å²) in [7, 11) is 1.63. The first kappa shape index (κ1) is 23.5. The summed E-state index contributed by atoms with van der Waals surface area (Å²) in [6, 6.07) is 4.98. The van der Waals surface area contributed by atoms with E-state index in [1.165, 1.54) is 41.5 Å². The molecule has 2 heterocycles. The van der Waals surface area contributed by atoms with E-state index in [0.717, 1.165) is 16.8 Å². The molecule has 0 fully saturated rings. The van der Waals surface area contributed by atoms with Gasteiger partial charge in [-0.3, -0.25) is 14.3 Å². The van der Waals surface area contributed by atoms with Crippen molar-refractivity contribution in [3.05, 3.63) is 64.2 Å². The van der Waals surface area contributed by atoms with E-state index in [1.54, 1.807) is 14.0 Å². The van der Waals surface area contributed by atoms with Gasteiger partial charge in [-0.05, 0) is 25.1 Å². The second-order valence-corrected chi connectivity index (χ2v) is 8.70. The molecule has 0 bridgehead atoms. The maximum absolute atomic E-state index is 13.0. The Morgan fingerprint density at radius 3 is 2.47 bits per heavy atom. The molecule has 0 spiro atoms. The smallest absolute Gasteiger partial charge is 0.416 e. The average molecular weight is 467 g/mol. The highest BCUT2D eigenvalue weighted by Gasteiger charge is 2.30. The fraction of sp³-hybridized carbons (Fsp3) is 0.300. The molecular weight excluding hydrogens is 447 g/mol. The number of amides is 1. The molecular formula is C20H20F3N5O3S. The van der Waals surface area contributed by atoms with Crippen molar-refractivity contribution >= 4 is 17.1 Å². The molecule has 0 aliphatic rings. The number of rotatable bonds is 6. The Morgan fingerprint density at radius 2 is 1.94 bits per heavy atom. The van der Waals surface area contributed by atoms with Crippen molar-refractivity contribution in [1.29, 1.82) is 0 Å². The Balaban J connectivity index is 2.09. The number of benzene rings is 1. The molecule has 0 aliphatic heterocycles. The number of aryl methyl sites for hydroxylation is 1. The molecule has 1 aromatic carbocycles. The van der Waals surface area contributed by atoms with Gasteiger partial charge in [-0.2, -0.15) is 28.1 Å². The highest BCUT2D eigenvalue weighted by Crippen LogP contribution is 2.30. The van der Waals surface area contributed by atoms with Crippen LogP contribution in [0.2, 0.25) is 0 Å². The lowest BCUT2D eigenvalue weighted by molar-refractivity contribution is -0.137. The van der Waals surface area contributed by atoms with Crippen LogP contribution < -0.4 is 10.9 Å². The molecule has 0 saturated heterocycles. The van der Waals surface area contributed by atoms with E-state index in [9.17, 15) is 27.3 Å². The first-order chi connectivity index (χ1) is 15.0. The quantitative estimate of drug-likeness (QED) is 0.560. The highest BCUT2D eigenvalue weighted by molar-refractivity contribution is 7.90. The van der Waals surface area contributed by atoms with Gasteiger partial charge in [0.1, 0.15) is 17.0 Å². The molecule has 1 N–H and O–H groups in total. The zero-order chi connectivity index (χ0) is 23.6. The fourth-order valence-electron chi connectivity index (χ4n) is 3.02. The van der Waals surface area contributed by atoms with Gasteiger partial charge in [0.05, 0.1) is 35.9 Å². The van der Waals surface area contributed by atoms with Crippen molar-refractivity contribution in [2.75, 3.05) is 12.0 Å². The Kier molecular flexibility index (Phi) is 6.74. The number of hydrogen-bond donors (Lipinski definition) is 1. The lowest BCUT2D eigenvalue weighted by Crippen LogP contribution is -2.40. The van der Waals surface area contributed by atoms with Crippen LogP contribution in [0.25, 0.3) is 16.9 Å². The van der Waals surface area contributed by atoms with Gasteiger partial charge < -0.3 is 9.87 Å². The summed E-state index contributed by atoms with van der Waals surface area (Å²) in [6.45, 7) is 1.65. The minimum absolute atomic E-state index is 0.124. The molecule has 170 valence electrons. The third kappa shape index (κ3) is 5.37. The maximum atomic E-state index is 13.0. The average Bonchev–Trinajstić information content (AvgIpc) is 3.13. The number of aromatic nitrogens is 4. The molecule has 2 atom stereocenters. The van der Waals surface area contributed by atoms with Crippen molar-refractivity contribution in [3.8, 4) is 16.9 Å². The number of halogens is 3. The Hall–Kier alpha value is -3.12.